The number of amides is 1. The Bertz CT molecular complexity index is 975. The number of nitrogens with zero attached hydrogens (tertiary/aromatic N) is 1. The molecule has 150 valence electrons. The van der Waals surface area contributed by atoms with Gasteiger partial charge in [-0.15, -0.1) is 0 Å². The maximum atomic E-state index is 13.2. The van der Waals surface area contributed by atoms with Crippen molar-refractivity contribution in [1.82, 2.24) is 9.62 Å². The Hall–Kier alpha value is -1.89. The van der Waals surface area contributed by atoms with E-state index in [1.807, 2.05) is 38.1 Å². The van der Waals surface area contributed by atoms with Crippen molar-refractivity contribution in [3.05, 3.63) is 64.2 Å². The fourth-order valence-corrected chi connectivity index (χ4v) is 5.39. The molecular weight excluding hydrogens is 396 g/mol. The third kappa shape index (κ3) is 4.40. The summed E-state index contributed by atoms with van der Waals surface area (Å²) in [6.07, 6.45) is 2.47. The van der Waals surface area contributed by atoms with Gasteiger partial charge in [0.2, 0.25) is 10.0 Å². The van der Waals surface area contributed by atoms with E-state index < -0.39 is 10.0 Å². The number of hydrogen-bond donors (Lipinski definition) is 1. The molecule has 0 radical (unpaired) electrons. The molecule has 1 aliphatic rings. The normalized spacial score (nSPS) is 15.7. The van der Waals surface area contributed by atoms with Crippen LogP contribution in [-0.4, -0.2) is 31.2 Å². The standard InChI is InChI=1S/C21H25ClN2O3S/c1-3-6-15(2)23-21(25)17-9-10-19(22)20(13-17)28(26,27)24-12-11-16-7-4-5-8-18(16)14-24/h4-5,7-10,13,15H,3,6,11-12,14H2,1-2H3,(H,23,25)/t15-/m1/s1. The van der Waals surface area contributed by atoms with E-state index in [0.717, 1.165) is 24.0 Å². The highest BCUT2D eigenvalue weighted by molar-refractivity contribution is 7.89. The second kappa shape index (κ2) is 8.64. The van der Waals surface area contributed by atoms with Crippen molar-refractivity contribution in [1.29, 1.82) is 0 Å². The average molecular weight is 421 g/mol. The Kier molecular flexibility index (Phi) is 6.43. The first-order valence-corrected chi connectivity index (χ1v) is 11.3. The van der Waals surface area contributed by atoms with Gasteiger partial charge in [-0.2, -0.15) is 4.31 Å². The molecule has 1 N–H and O–H groups in total. The van der Waals surface area contributed by atoms with Crippen LogP contribution in [0.2, 0.25) is 5.02 Å². The molecule has 0 fully saturated rings. The molecule has 2 aromatic carbocycles. The van der Waals surface area contributed by atoms with Crippen LogP contribution in [0.1, 0.15) is 48.2 Å². The van der Waals surface area contributed by atoms with E-state index in [-0.39, 0.29) is 21.9 Å². The summed E-state index contributed by atoms with van der Waals surface area (Å²) < 4.78 is 27.9. The molecule has 28 heavy (non-hydrogen) atoms. The second-order valence-corrected chi connectivity index (χ2v) is 9.48. The third-order valence-electron chi connectivity index (χ3n) is 5.01. The van der Waals surface area contributed by atoms with Gasteiger partial charge in [-0.25, -0.2) is 8.42 Å². The Morgan fingerprint density at radius 2 is 1.93 bits per heavy atom. The first-order valence-electron chi connectivity index (χ1n) is 9.50. The molecule has 1 heterocycles. The lowest BCUT2D eigenvalue weighted by Crippen LogP contribution is -2.36. The average Bonchev–Trinajstić information content (AvgIpc) is 2.67. The zero-order chi connectivity index (χ0) is 20.3. The van der Waals surface area contributed by atoms with E-state index >= 15 is 0 Å². The molecule has 5 nitrogen and oxygen atoms in total. The summed E-state index contributed by atoms with van der Waals surface area (Å²) in [4.78, 5) is 12.5. The molecule has 7 heteroatoms. The smallest absolute Gasteiger partial charge is 0.251 e. The number of rotatable bonds is 6. The van der Waals surface area contributed by atoms with Crippen molar-refractivity contribution in [2.75, 3.05) is 6.54 Å². The first kappa shape index (κ1) is 20.8. The molecule has 2 aromatic rings. The van der Waals surface area contributed by atoms with Crippen LogP contribution in [0.3, 0.4) is 0 Å². The number of carbonyl (C=O) groups excluding carboxylic acids is 1. The number of sulfonamides is 1. The van der Waals surface area contributed by atoms with Crippen molar-refractivity contribution >= 4 is 27.5 Å². The number of hydrogen-bond acceptors (Lipinski definition) is 3. The van der Waals surface area contributed by atoms with Crippen LogP contribution in [0.4, 0.5) is 0 Å². The maximum Gasteiger partial charge on any atom is 0.251 e. The van der Waals surface area contributed by atoms with Gasteiger partial charge in [-0.05, 0) is 49.1 Å². The van der Waals surface area contributed by atoms with E-state index in [1.54, 1.807) is 6.07 Å². The largest absolute Gasteiger partial charge is 0.350 e. The van der Waals surface area contributed by atoms with Crippen LogP contribution in [-0.2, 0) is 23.0 Å². The Labute approximate surface area is 171 Å². The van der Waals surface area contributed by atoms with Gasteiger partial charge in [0.15, 0.2) is 0 Å². The van der Waals surface area contributed by atoms with Crippen molar-refractivity contribution in [3.8, 4) is 0 Å². The molecule has 0 spiro atoms. The quantitative estimate of drug-likeness (QED) is 0.767. The van der Waals surface area contributed by atoms with Crippen LogP contribution >= 0.6 is 11.6 Å². The monoisotopic (exact) mass is 420 g/mol. The molecule has 0 saturated heterocycles. The maximum absolute atomic E-state index is 13.2. The zero-order valence-corrected chi connectivity index (χ0v) is 17.7. The van der Waals surface area contributed by atoms with E-state index in [4.69, 9.17) is 11.6 Å². The van der Waals surface area contributed by atoms with Gasteiger partial charge >= 0.3 is 0 Å². The minimum atomic E-state index is -3.81. The predicted octanol–water partition coefficient (Wildman–Crippen LogP) is 4.01. The van der Waals surface area contributed by atoms with Crippen LogP contribution < -0.4 is 5.32 Å². The number of benzene rings is 2. The zero-order valence-electron chi connectivity index (χ0n) is 16.1. The summed E-state index contributed by atoms with van der Waals surface area (Å²) in [6, 6.07) is 12.3. The summed E-state index contributed by atoms with van der Waals surface area (Å²) >= 11 is 6.22. The van der Waals surface area contributed by atoms with Crippen molar-refractivity contribution in [3.63, 3.8) is 0 Å². The topological polar surface area (TPSA) is 66.5 Å². The molecule has 1 amide bonds. The van der Waals surface area contributed by atoms with Gasteiger partial charge < -0.3 is 5.32 Å². The summed E-state index contributed by atoms with van der Waals surface area (Å²) in [7, 11) is -3.81. The highest BCUT2D eigenvalue weighted by Crippen LogP contribution is 2.29. The summed E-state index contributed by atoms with van der Waals surface area (Å²) in [5, 5.41) is 3.02. The molecule has 0 aromatic heterocycles. The molecule has 3 rings (SSSR count). The number of nitrogens with one attached hydrogen (secondary N) is 1. The Morgan fingerprint density at radius 1 is 1.21 bits per heavy atom. The highest BCUT2D eigenvalue weighted by atomic mass is 35.5. The fraction of sp³-hybridized carbons (Fsp3) is 0.381. The Balaban J connectivity index is 1.87. The van der Waals surface area contributed by atoms with Gasteiger partial charge in [0.1, 0.15) is 4.90 Å². The van der Waals surface area contributed by atoms with E-state index in [2.05, 4.69) is 5.32 Å². The summed E-state index contributed by atoms with van der Waals surface area (Å²) in [6.45, 7) is 4.67. The minimum Gasteiger partial charge on any atom is -0.350 e. The third-order valence-corrected chi connectivity index (χ3v) is 7.33. The van der Waals surface area contributed by atoms with Crippen LogP contribution in [0.15, 0.2) is 47.4 Å². The highest BCUT2D eigenvalue weighted by Gasteiger charge is 2.30. The first-order chi connectivity index (χ1) is 13.3. The van der Waals surface area contributed by atoms with E-state index in [1.165, 1.54) is 16.4 Å². The second-order valence-electron chi connectivity index (χ2n) is 7.17. The molecule has 1 atom stereocenters. The molecule has 1 aliphatic heterocycles. The van der Waals surface area contributed by atoms with Gasteiger partial charge in [0.05, 0.1) is 5.02 Å². The molecule has 0 saturated carbocycles. The lowest BCUT2D eigenvalue weighted by molar-refractivity contribution is 0.0938. The van der Waals surface area contributed by atoms with Gasteiger partial charge in [0.25, 0.3) is 5.91 Å². The van der Waals surface area contributed by atoms with Gasteiger partial charge in [-0.3, -0.25) is 4.79 Å². The molecular formula is C21H25ClN2O3S. The van der Waals surface area contributed by atoms with E-state index in [0.29, 0.717) is 25.1 Å². The summed E-state index contributed by atoms with van der Waals surface area (Å²) in [5.41, 5.74) is 2.46. The minimum absolute atomic E-state index is 0.0202. The predicted molar refractivity (Wildman–Crippen MR) is 111 cm³/mol. The fourth-order valence-electron chi connectivity index (χ4n) is 3.47. The van der Waals surface area contributed by atoms with Crippen molar-refractivity contribution in [2.24, 2.45) is 0 Å². The lowest BCUT2D eigenvalue weighted by Gasteiger charge is -2.28. The lowest BCUT2D eigenvalue weighted by atomic mass is 10.0. The van der Waals surface area contributed by atoms with Crippen LogP contribution in [0, 0.1) is 0 Å². The van der Waals surface area contributed by atoms with Crippen LogP contribution in [0.25, 0.3) is 0 Å². The Morgan fingerprint density at radius 3 is 2.64 bits per heavy atom. The van der Waals surface area contributed by atoms with Crippen LogP contribution in [0.5, 0.6) is 0 Å². The molecule has 0 bridgehead atoms. The summed E-state index contributed by atoms with van der Waals surface area (Å²) in [5.74, 6) is -0.293. The van der Waals surface area contributed by atoms with Gasteiger partial charge in [0, 0.05) is 24.7 Å². The number of halogens is 1. The van der Waals surface area contributed by atoms with Gasteiger partial charge in [-0.1, -0.05) is 49.2 Å². The number of carbonyl (C=O) groups is 1. The molecule has 0 unspecified atom stereocenters. The van der Waals surface area contributed by atoms with Crippen molar-refractivity contribution in [2.45, 2.75) is 50.6 Å². The number of fused-ring (bicyclic) bond motifs is 1. The molecule has 0 aliphatic carbocycles. The van der Waals surface area contributed by atoms with Crippen molar-refractivity contribution < 1.29 is 13.2 Å². The SMILES string of the molecule is CCC[C@@H](C)NC(=O)c1ccc(Cl)c(S(=O)(=O)N2CCc3ccccc3C2)c1. The van der Waals surface area contributed by atoms with E-state index in [9.17, 15) is 13.2 Å².